The maximum atomic E-state index is 11.5. The molecule has 0 aromatic carbocycles. The second kappa shape index (κ2) is 3.93. The van der Waals surface area contributed by atoms with Crippen molar-refractivity contribution in [3.63, 3.8) is 0 Å². The first-order valence-electron chi connectivity index (χ1n) is 2.93. The summed E-state index contributed by atoms with van der Waals surface area (Å²) in [6.45, 7) is -0.574. The standard InChI is InChI=1S/C5H7F3N2O2/c6-5(7,8)1-4(12)10-2-3(9)11/h1-2H2,(H2,9,11)(H,10,12). The molecule has 0 heterocycles. The molecule has 12 heavy (non-hydrogen) atoms. The average Bonchev–Trinajstić information content (AvgIpc) is 1.79. The Balaban J connectivity index is 3.68. The maximum Gasteiger partial charge on any atom is 0.397 e. The fourth-order valence-corrected chi connectivity index (χ4v) is 0.430. The Kier molecular flexibility index (Phi) is 3.52. The molecule has 4 nitrogen and oxygen atoms in total. The van der Waals surface area contributed by atoms with E-state index in [-0.39, 0.29) is 0 Å². The molecular formula is C5H7F3N2O2. The fraction of sp³-hybridized carbons (Fsp3) is 0.600. The van der Waals surface area contributed by atoms with E-state index >= 15 is 0 Å². The fourth-order valence-electron chi connectivity index (χ4n) is 0.430. The Morgan fingerprint density at radius 1 is 1.33 bits per heavy atom. The Morgan fingerprint density at radius 2 is 1.83 bits per heavy atom. The van der Waals surface area contributed by atoms with Crippen molar-refractivity contribution in [3.05, 3.63) is 0 Å². The summed E-state index contributed by atoms with van der Waals surface area (Å²) in [5.41, 5.74) is 4.57. The van der Waals surface area contributed by atoms with Crippen LogP contribution in [0.2, 0.25) is 0 Å². The van der Waals surface area contributed by atoms with Crippen LogP contribution in [0.5, 0.6) is 0 Å². The number of alkyl halides is 3. The molecule has 0 saturated carbocycles. The zero-order chi connectivity index (χ0) is 9.78. The summed E-state index contributed by atoms with van der Waals surface area (Å²) in [4.78, 5) is 20.3. The quantitative estimate of drug-likeness (QED) is 0.622. The number of primary amides is 1. The topological polar surface area (TPSA) is 72.2 Å². The average molecular weight is 184 g/mol. The van der Waals surface area contributed by atoms with Gasteiger partial charge in [0.1, 0.15) is 6.42 Å². The van der Waals surface area contributed by atoms with E-state index in [1.165, 1.54) is 0 Å². The van der Waals surface area contributed by atoms with Gasteiger partial charge in [0.2, 0.25) is 11.8 Å². The minimum Gasteiger partial charge on any atom is -0.368 e. The number of nitrogens with one attached hydrogen (secondary N) is 1. The highest BCUT2D eigenvalue weighted by Crippen LogP contribution is 2.18. The third-order valence-electron chi connectivity index (χ3n) is 0.821. The van der Waals surface area contributed by atoms with Gasteiger partial charge >= 0.3 is 6.18 Å². The van der Waals surface area contributed by atoms with Gasteiger partial charge in [-0.2, -0.15) is 13.2 Å². The number of nitrogens with two attached hydrogens (primary N) is 1. The van der Waals surface area contributed by atoms with Crippen molar-refractivity contribution in [2.75, 3.05) is 6.54 Å². The highest BCUT2D eigenvalue weighted by Gasteiger charge is 2.30. The molecule has 70 valence electrons. The van der Waals surface area contributed by atoms with Crippen molar-refractivity contribution < 1.29 is 22.8 Å². The molecule has 0 aliphatic heterocycles. The summed E-state index contributed by atoms with van der Waals surface area (Å²) < 4.78 is 34.4. The maximum absolute atomic E-state index is 11.5. The van der Waals surface area contributed by atoms with Crippen LogP contribution in [0.4, 0.5) is 13.2 Å². The molecule has 2 amide bonds. The van der Waals surface area contributed by atoms with E-state index in [2.05, 4.69) is 5.73 Å². The van der Waals surface area contributed by atoms with Crippen molar-refractivity contribution >= 4 is 11.8 Å². The lowest BCUT2D eigenvalue weighted by Crippen LogP contribution is -2.35. The van der Waals surface area contributed by atoms with Crippen molar-refractivity contribution in [3.8, 4) is 0 Å². The zero-order valence-electron chi connectivity index (χ0n) is 5.94. The predicted octanol–water partition coefficient (Wildman–Crippen LogP) is -0.460. The van der Waals surface area contributed by atoms with E-state index in [1.807, 2.05) is 0 Å². The van der Waals surface area contributed by atoms with E-state index in [0.717, 1.165) is 0 Å². The normalized spacial score (nSPS) is 10.9. The van der Waals surface area contributed by atoms with Crippen molar-refractivity contribution in [2.24, 2.45) is 5.73 Å². The number of rotatable bonds is 3. The molecule has 0 fully saturated rings. The van der Waals surface area contributed by atoms with Gasteiger partial charge in [0.05, 0.1) is 6.54 Å². The van der Waals surface area contributed by atoms with E-state index in [0.29, 0.717) is 0 Å². The monoisotopic (exact) mass is 184 g/mol. The number of hydrogen-bond acceptors (Lipinski definition) is 2. The van der Waals surface area contributed by atoms with Crippen LogP contribution < -0.4 is 11.1 Å². The highest BCUT2D eigenvalue weighted by molar-refractivity contribution is 5.83. The molecule has 0 atom stereocenters. The zero-order valence-corrected chi connectivity index (χ0v) is 5.94. The molecule has 7 heteroatoms. The van der Waals surface area contributed by atoms with Gasteiger partial charge in [-0.25, -0.2) is 0 Å². The van der Waals surface area contributed by atoms with Crippen LogP contribution in [0.1, 0.15) is 6.42 Å². The summed E-state index contributed by atoms with van der Waals surface area (Å²) in [5.74, 6) is -2.15. The molecule has 0 radical (unpaired) electrons. The first-order chi connectivity index (χ1) is 5.31. The Morgan fingerprint density at radius 3 is 2.17 bits per heavy atom. The first kappa shape index (κ1) is 10.7. The Labute approximate surface area is 65.9 Å². The SMILES string of the molecule is NC(=O)CNC(=O)CC(F)(F)F. The predicted molar refractivity (Wildman–Crippen MR) is 32.9 cm³/mol. The van der Waals surface area contributed by atoms with Crippen molar-refractivity contribution in [2.45, 2.75) is 12.6 Å². The summed E-state index contributed by atoms with van der Waals surface area (Å²) in [5, 5.41) is 1.71. The van der Waals surface area contributed by atoms with E-state index in [4.69, 9.17) is 0 Å². The van der Waals surface area contributed by atoms with Crippen LogP contribution in [-0.2, 0) is 9.59 Å². The van der Waals surface area contributed by atoms with Gasteiger partial charge in [-0.1, -0.05) is 0 Å². The van der Waals surface area contributed by atoms with Crippen LogP contribution in [-0.4, -0.2) is 24.5 Å². The lowest BCUT2D eigenvalue weighted by Gasteiger charge is -2.05. The third kappa shape index (κ3) is 6.84. The van der Waals surface area contributed by atoms with Crippen LogP contribution in [0.25, 0.3) is 0 Å². The molecule has 0 rings (SSSR count). The molecular weight excluding hydrogens is 177 g/mol. The van der Waals surface area contributed by atoms with Gasteiger partial charge < -0.3 is 11.1 Å². The van der Waals surface area contributed by atoms with Gasteiger partial charge in [-0.15, -0.1) is 0 Å². The number of amides is 2. The van der Waals surface area contributed by atoms with Crippen LogP contribution >= 0.6 is 0 Å². The van der Waals surface area contributed by atoms with Gasteiger partial charge in [0.25, 0.3) is 0 Å². The van der Waals surface area contributed by atoms with E-state index in [9.17, 15) is 22.8 Å². The highest BCUT2D eigenvalue weighted by atomic mass is 19.4. The van der Waals surface area contributed by atoms with E-state index < -0.39 is 31.0 Å². The van der Waals surface area contributed by atoms with Gasteiger partial charge in [-0.3, -0.25) is 9.59 Å². The lowest BCUT2D eigenvalue weighted by atomic mass is 10.4. The van der Waals surface area contributed by atoms with Crippen molar-refractivity contribution in [1.82, 2.24) is 5.32 Å². The number of halogens is 3. The van der Waals surface area contributed by atoms with Crippen LogP contribution in [0, 0.1) is 0 Å². The number of carbonyl (C=O) groups is 2. The summed E-state index contributed by atoms with van der Waals surface area (Å²) in [6, 6.07) is 0. The third-order valence-corrected chi connectivity index (χ3v) is 0.821. The number of hydrogen-bond donors (Lipinski definition) is 2. The summed E-state index contributed by atoms with van der Waals surface area (Å²) in [7, 11) is 0. The van der Waals surface area contributed by atoms with Crippen LogP contribution in [0.3, 0.4) is 0 Å². The van der Waals surface area contributed by atoms with Gasteiger partial charge in [0, 0.05) is 0 Å². The van der Waals surface area contributed by atoms with E-state index in [1.54, 1.807) is 5.32 Å². The molecule has 0 unspecified atom stereocenters. The first-order valence-corrected chi connectivity index (χ1v) is 2.93. The molecule has 0 aromatic heterocycles. The summed E-state index contributed by atoms with van der Waals surface area (Å²) in [6.07, 6.45) is -6.15. The molecule has 3 N–H and O–H groups in total. The second-order valence-electron chi connectivity index (χ2n) is 2.03. The Bertz CT molecular complexity index is 190. The molecule has 0 aromatic rings. The van der Waals surface area contributed by atoms with Gasteiger partial charge in [0.15, 0.2) is 0 Å². The molecule has 0 aliphatic carbocycles. The van der Waals surface area contributed by atoms with Crippen molar-refractivity contribution in [1.29, 1.82) is 0 Å². The Hall–Kier alpha value is -1.27. The lowest BCUT2D eigenvalue weighted by molar-refractivity contribution is -0.154. The largest absolute Gasteiger partial charge is 0.397 e. The van der Waals surface area contributed by atoms with Gasteiger partial charge in [-0.05, 0) is 0 Å². The molecule has 0 aliphatic rings. The smallest absolute Gasteiger partial charge is 0.368 e. The minimum atomic E-state index is -4.55. The second-order valence-corrected chi connectivity index (χ2v) is 2.03. The summed E-state index contributed by atoms with van der Waals surface area (Å²) >= 11 is 0. The van der Waals surface area contributed by atoms with Crippen LogP contribution in [0.15, 0.2) is 0 Å². The molecule has 0 saturated heterocycles. The minimum absolute atomic E-state index is 0.574. The number of carbonyl (C=O) groups excluding carboxylic acids is 2. The molecule has 0 spiro atoms. The molecule has 0 bridgehead atoms.